The molecule has 0 bridgehead atoms. The van der Waals surface area contributed by atoms with Crippen molar-refractivity contribution in [2.75, 3.05) is 5.32 Å². The molecule has 0 saturated heterocycles. The molecule has 1 unspecified atom stereocenters. The van der Waals surface area contributed by atoms with Gasteiger partial charge in [0.2, 0.25) is 5.91 Å². The maximum Gasteiger partial charge on any atom is 0.271 e. The van der Waals surface area contributed by atoms with Gasteiger partial charge in [-0.2, -0.15) is 0 Å². The first-order chi connectivity index (χ1) is 12.4. The van der Waals surface area contributed by atoms with Gasteiger partial charge < -0.3 is 5.32 Å². The van der Waals surface area contributed by atoms with Crippen molar-refractivity contribution in [1.82, 2.24) is 9.55 Å². The lowest BCUT2D eigenvalue weighted by atomic mass is 10.1. The molecule has 3 aromatic rings. The van der Waals surface area contributed by atoms with Crippen LogP contribution >= 0.6 is 23.1 Å². The van der Waals surface area contributed by atoms with Crippen molar-refractivity contribution >= 4 is 50.7 Å². The third-order valence-corrected chi connectivity index (χ3v) is 5.89. The number of carbonyl (C=O) groups is 2. The first kappa shape index (κ1) is 18.3. The molecule has 2 heterocycles. The molecular formula is C18H17N3O3S2. The number of hydrogen-bond acceptors (Lipinski definition) is 6. The summed E-state index contributed by atoms with van der Waals surface area (Å²) in [5.74, 6) is -0.229. The van der Waals surface area contributed by atoms with Gasteiger partial charge in [-0.15, -0.1) is 11.3 Å². The van der Waals surface area contributed by atoms with Crippen molar-refractivity contribution in [3.8, 4) is 0 Å². The highest BCUT2D eigenvalue weighted by Gasteiger charge is 2.19. The summed E-state index contributed by atoms with van der Waals surface area (Å²) >= 11 is 2.59. The van der Waals surface area contributed by atoms with Gasteiger partial charge in [0.15, 0.2) is 10.9 Å². The minimum Gasteiger partial charge on any atom is -0.325 e. The van der Waals surface area contributed by atoms with Gasteiger partial charge in [0, 0.05) is 18.3 Å². The molecule has 1 atom stereocenters. The molecule has 1 aromatic carbocycles. The van der Waals surface area contributed by atoms with Crippen molar-refractivity contribution in [3.63, 3.8) is 0 Å². The summed E-state index contributed by atoms with van der Waals surface area (Å²) in [7, 11) is 1.65. The minimum atomic E-state index is -0.448. The van der Waals surface area contributed by atoms with E-state index in [-0.39, 0.29) is 17.2 Å². The number of nitrogens with one attached hydrogen (secondary N) is 1. The van der Waals surface area contributed by atoms with E-state index in [4.69, 9.17) is 0 Å². The van der Waals surface area contributed by atoms with Crippen LogP contribution in [0.1, 0.15) is 24.2 Å². The van der Waals surface area contributed by atoms with Crippen LogP contribution in [0.3, 0.4) is 0 Å². The molecule has 0 aliphatic rings. The van der Waals surface area contributed by atoms with Crippen molar-refractivity contribution in [1.29, 1.82) is 0 Å². The van der Waals surface area contributed by atoms with Crippen LogP contribution < -0.4 is 10.9 Å². The number of nitrogens with zero attached hydrogens (tertiary/aromatic N) is 2. The van der Waals surface area contributed by atoms with E-state index in [2.05, 4.69) is 10.3 Å². The summed E-state index contributed by atoms with van der Waals surface area (Å²) in [4.78, 5) is 40.5. The Morgan fingerprint density at radius 3 is 2.58 bits per heavy atom. The molecule has 0 aliphatic carbocycles. The molecular weight excluding hydrogens is 370 g/mol. The standard InChI is InChI=1S/C18H17N3O3S2/c1-10(22)12-4-6-13(7-5-12)19-16(23)11(2)26-18-20-14-8-9-25-15(14)17(24)21(18)3/h4-9,11H,1-3H3,(H,19,23). The van der Waals surface area contributed by atoms with Gasteiger partial charge in [0.25, 0.3) is 5.56 Å². The fourth-order valence-electron chi connectivity index (χ4n) is 2.32. The third kappa shape index (κ3) is 3.71. The van der Waals surface area contributed by atoms with Crippen LogP contribution in [-0.2, 0) is 11.8 Å². The smallest absolute Gasteiger partial charge is 0.271 e. The molecule has 1 amide bonds. The predicted molar refractivity (Wildman–Crippen MR) is 105 cm³/mol. The molecule has 0 aliphatic heterocycles. The summed E-state index contributed by atoms with van der Waals surface area (Å²) in [6.07, 6.45) is 0. The molecule has 134 valence electrons. The van der Waals surface area contributed by atoms with Gasteiger partial charge in [-0.05, 0) is 49.6 Å². The normalized spacial score (nSPS) is 12.1. The van der Waals surface area contributed by atoms with Gasteiger partial charge in [0.1, 0.15) is 4.70 Å². The number of hydrogen-bond donors (Lipinski definition) is 1. The van der Waals surface area contributed by atoms with Gasteiger partial charge in [0.05, 0.1) is 10.8 Å². The molecule has 3 rings (SSSR count). The van der Waals surface area contributed by atoms with E-state index < -0.39 is 5.25 Å². The second-order valence-electron chi connectivity index (χ2n) is 5.78. The Bertz CT molecular complexity index is 1040. The van der Waals surface area contributed by atoms with Crippen LogP contribution in [0.15, 0.2) is 45.7 Å². The van der Waals surface area contributed by atoms with Crippen molar-refractivity contribution in [3.05, 3.63) is 51.6 Å². The fourth-order valence-corrected chi connectivity index (χ4v) is 4.00. The molecule has 8 heteroatoms. The molecule has 26 heavy (non-hydrogen) atoms. The molecule has 0 fully saturated rings. The summed E-state index contributed by atoms with van der Waals surface area (Å²) < 4.78 is 2.08. The predicted octanol–water partition coefficient (Wildman–Crippen LogP) is 3.32. The van der Waals surface area contributed by atoms with E-state index in [1.807, 2.05) is 5.38 Å². The van der Waals surface area contributed by atoms with Crippen LogP contribution in [0.2, 0.25) is 0 Å². The van der Waals surface area contributed by atoms with Gasteiger partial charge >= 0.3 is 0 Å². The molecule has 2 aromatic heterocycles. The lowest BCUT2D eigenvalue weighted by Crippen LogP contribution is -2.25. The highest BCUT2D eigenvalue weighted by atomic mass is 32.2. The topological polar surface area (TPSA) is 81.1 Å². The van der Waals surface area contributed by atoms with Crippen LogP contribution in [0.25, 0.3) is 10.2 Å². The average Bonchev–Trinajstić information content (AvgIpc) is 3.08. The number of ketones is 1. The molecule has 0 saturated carbocycles. The summed E-state index contributed by atoms with van der Waals surface area (Å²) in [5.41, 5.74) is 1.74. The monoisotopic (exact) mass is 387 g/mol. The van der Waals surface area contributed by atoms with E-state index in [0.29, 0.717) is 26.6 Å². The number of carbonyl (C=O) groups excluding carboxylic acids is 2. The Morgan fingerprint density at radius 1 is 1.23 bits per heavy atom. The lowest BCUT2D eigenvalue weighted by molar-refractivity contribution is -0.115. The Balaban J connectivity index is 1.74. The van der Waals surface area contributed by atoms with E-state index in [1.165, 1.54) is 34.6 Å². The third-order valence-electron chi connectivity index (χ3n) is 3.86. The number of Topliss-reactive ketones (excluding diaryl/α,β-unsaturated/α-hetero) is 1. The number of rotatable bonds is 5. The number of thiophene rings is 1. The van der Waals surface area contributed by atoms with E-state index in [1.54, 1.807) is 44.3 Å². The van der Waals surface area contributed by atoms with Gasteiger partial charge in [-0.25, -0.2) is 4.98 Å². The summed E-state index contributed by atoms with van der Waals surface area (Å²) in [6, 6.07) is 8.53. The lowest BCUT2D eigenvalue weighted by Gasteiger charge is -2.13. The second kappa shape index (κ2) is 7.43. The van der Waals surface area contributed by atoms with Crippen LogP contribution in [0.4, 0.5) is 5.69 Å². The zero-order chi connectivity index (χ0) is 18.8. The zero-order valence-electron chi connectivity index (χ0n) is 14.5. The maximum absolute atomic E-state index is 12.4. The van der Waals surface area contributed by atoms with Gasteiger partial charge in [-0.3, -0.25) is 19.0 Å². The highest BCUT2D eigenvalue weighted by molar-refractivity contribution is 8.00. The van der Waals surface area contributed by atoms with Crippen LogP contribution in [-0.4, -0.2) is 26.5 Å². The first-order valence-corrected chi connectivity index (χ1v) is 9.65. The Labute approximate surface area is 158 Å². The quantitative estimate of drug-likeness (QED) is 0.413. The number of thioether (sulfide) groups is 1. The fraction of sp³-hybridized carbons (Fsp3) is 0.222. The highest BCUT2D eigenvalue weighted by Crippen LogP contribution is 2.24. The molecule has 0 radical (unpaired) electrons. The zero-order valence-corrected chi connectivity index (χ0v) is 16.1. The minimum absolute atomic E-state index is 0.0254. The van der Waals surface area contributed by atoms with Crippen LogP contribution in [0.5, 0.6) is 0 Å². The largest absolute Gasteiger partial charge is 0.325 e. The maximum atomic E-state index is 12.4. The van der Waals surface area contributed by atoms with E-state index in [9.17, 15) is 14.4 Å². The number of fused-ring (bicyclic) bond motifs is 1. The number of anilines is 1. The second-order valence-corrected chi connectivity index (χ2v) is 8.00. The Morgan fingerprint density at radius 2 is 1.92 bits per heavy atom. The van der Waals surface area contributed by atoms with E-state index >= 15 is 0 Å². The molecule has 0 spiro atoms. The average molecular weight is 387 g/mol. The van der Waals surface area contributed by atoms with Crippen LogP contribution in [0, 0.1) is 0 Å². The molecule has 6 nitrogen and oxygen atoms in total. The van der Waals surface area contributed by atoms with E-state index in [0.717, 1.165) is 0 Å². The van der Waals surface area contributed by atoms with Crippen molar-refractivity contribution in [2.24, 2.45) is 7.05 Å². The Hall–Kier alpha value is -2.45. The number of benzene rings is 1. The van der Waals surface area contributed by atoms with Crippen molar-refractivity contribution < 1.29 is 9.59 Å². The Kier molecular flexibility index (Phi) is 5.24. The number of amides is 1. The SMILES string of the molecule is CC(=O)c1ccc(NC(=O)C(C)Sc2nc3ccsc3c(=O)n2C)cc1. The number of aromatic nitrogens is 2. The first-order valence-electron chi connectivity index (χ1n) is 7.89. The summed E-state index contributed by atoms with van der Waals surface area (Å²) in [6.45, 7) is 3.25. The summed E-state index contributed by atoms with van der Waals surface area (Å²) in [5, 5.41) is 4.69. The van der Waals surface area contributed by atoms with Gasteiger partial charge in [-0.1, -0.05) is 11.8 Å². The molecule has 1 N–H and O–H groups in total. The van der Waals surface area contributed by atoms with Crippen molar-refractivity contribution in [2.45, 2.75) is 24.3 Å².